The minimum atomic E-state index is -0.825. The molecule has 1 unspecified atom stereocenters. The Hall–Kier alpha value is -1.40. The predicted molar refractivity (Wildman–Crippen MR) is 93.6 cm³/mol. The van der Waals surface area contributed by atoms with Gasteiger partial charge in [-0.25, -0.2) is 0 Å². The number of carboxylic acids is 1. The molecule has 0 spiro atoms. The van der Waals surface area contributed by atoms with E-state index >= 15 is 0 Å². The van der Waals surface area contributed by atoms with Crippen molar-refractivity contribution >= 4 is 11.9 Å². The molecule has 0 aromatic heterocycles. The lowest BCUT2D eigenvalue weighted by atomic mass is 9.72. The number of hydrogen-bond donors (Lipinski definition) is 4. The van der Waals surface area contributed by atoms with Crippen molar-refractivity contribution in [2.45, 2.75) is 64.5 Å². The second kappa shape index (κ2) is 9.79. The highest BCUT2D eigenvalue weighted by atomic mass is 16.4. The normalized spacial score (nSPS) is 28.2. The Kier molecular flexibility index (Phi) is 8.42. The van der Waals surface area contributed by atoms with Crippen LogP contribution in [-0.2, 0) is 9.59 Å². The first-order valence-corrected chi connectivity index (χ1v) is 8.86. The van der Waals surface area contributed by atoms with E-state index < -0.39 is 12.0 Å². The van der Waals surface area contributed by atoms with E-state index in [4.69, 9.17) is 5.11 Å². The van der Waals surface area contributed by atoms with Crippen LogP contribution in [0.25, 0.3) is 0 Å². The topological polar surface area (TPSA) is 98.7 Å². The van der Waals surface area contributed by atoms with Crippen molar-refractivity contribution in [2.75, 3.05) is 13.2 Å². The molecule has 0 aromatic rings. The summed E-state index contributed by atoms with van der Waals surface area (Å²) in [6.07, 6.45) is 8.03. The number of hydrogen-bond acceptors (Lipinski definition) is 4. The molecule has 1 rings (SSSR count). The quantitative estimate of drug-likeness (QED) is 0.358. The highest BCUT2D eigenvalue weighted by Gasteiger charge is 2.50. The number of carbonyl (C=O) groups is 2. The van der Waals surface area contributed by atoms with Crippen LogP contribution >= 0.6 is 0 Å². The third-order valence-electron chi connectivity index (χ3n) is 5.10. The Morgan fingerprint density at radius 2 is 2.08 bits per heavy atom. The molecule has 0 aromatic carbocycles. The van der Waals surface area contributed by atoms with Gasteiger partial charge in [0.2, 0.25) is 5.91 Å². The van der Waals surface area contributed by atoms with Crippen LogP contribution in [0.1, 0.15) is 52.9 Å². The van der Waals surface area contributed by atoms with Gasteiger partial charge in [-0.15, -0.1) is 0 Å². The first kappa shape index (κ1) is 20.6. The molecule has 1 fully saturated rings. The van der Waals surface area contributed by atoms with E-state index in [0.717, 1.165) is 25.7 Å². The van der Waals surface area contributed by atoms with Crippen molar-refractivity contribution < 1.29 is 19.8 Å². The molecule has 1 aliphatic rings. The van der Waals surface area contributed by atoms with Crippen LogP contribution in [0.3, 0.4) is 0 Å². The van der Waals surface area contributed by atoms with E-state index in [1.54, 1.807) is 0 Å². The predicted octanol–water partition coefficient (Wildman–Crippen LogP) is 1.69. The van der Waals surface area contributed by atoms with Gasteiger partial charge in [-0.05, 0) is 38.0 Å². The van der Waals surface area contributed by atoms with Crippen molar-refractivity contribution in [2.24, 2.45) is 11.8 Å². The first-order chi connectivity index (χ1) is 11.4. The van der Waals surface area contributed by atoms with Gasteiger partial charge in [-0.1, -0.05) is 31.9 Å². The summed E-state index contributed by atoms with van der Waals surface area (Å²) in [6.45, 7) is 6.20. The van der Waals surface area contributed by atoms with Gasteiger partial charge < -0.3 is 15.5 Å². The molecular weight excluding hydrogens is 308 g/mol. The second-order valence-electron chi connectivity index (χ2n) is 6.82. The Bertz CT molecular complexity index is 452. The van der Waals surface area contributed by atoms with E-state index in [9.17, 15) is 14.7 Å². The van der Waals surface area contributed by atoms with Crippen molar-refractivity contribution in [1.82, 2.24) is 10.6 Å². The van der Waals surface area contributed by atoms with Crippen LogP contribution in [0.2, 0.25) is 0 Å². The number of allylic oxidation sites excluding steroid dienone is 1. The standard InChI is InChI=1S/C18H32N2O4/c1-4-8-15-11-16(17(23)24)20-18(15,9-6-5-7-10-21)13(2)12-19-14(3)22/h4,8,13,15-16,20-21H,5-7,9-12H2,1-3H3,(H,19,22)(H,23,24)/b8-4-/t13?,15-,16-,18+/m1/s1. The average Bonchev–Trinajstić information content (AvgIpc) is 2.90. The van der Waals surface area contributed by atoms with E-state index in [0.29, 0.717) is 13.0 Å². The number of aliphatic carboxylic acids is 1. The minimum absolute atomic E-state index is 0.0763. The van der Waals surface area contributed by atoms with Gasteiger partial charge in [0.25, 0.3) is 0 Å². The molecule has 6 nitrogen and oxygen atoms in total. The van der Waals surface area contributed by atoms with Gasteiger partial charge in [-0.2, -0.15) is 0 Å². The van der Waals surface area contributed by atoms with E-state index in [1.807, 2.05) is 13.0 Å². The fourth-order valence-corrected chi connectivity index (χ4v) is 3.80. The fourth-order valence-electron chi connectivity index (χ4n) is 3.80. The number of rotatable bonds is 10. The number of carboxylic acid groups (broad SMARTS) is 1. The van der Waals surface area contributed by atoms with Crippen LogP contribution in [0.4, 0.5) is 0 Å². The number of carbonyl (C=O) groups excluding carboxylic acids is 1. The fraction of sp³-hybridized carbons (Fsp3) is 0.778. The van der Waals surface area contributed by atoms with Gasteiger partial charge in [-0.3, -0.25) is 14.9 Å². The van der Waals surface area contributed by atoms with Crippen LogP contribution in [0.15, 0.2) is 12.2 Å². The Morgan fingerprint density at radius 1 is 1.38 bits per heavy atom. The molecule has 4 atom stereocenters. The lowest BCUT2D eigenvalue weighted by Gasteiger charge is -2.41. The largest absolute Gasteiger partial charge is 0.480 e. The van der Waals surface area contributed by atoms with Gasteiger partial charge in [0.15, 0.2) is 0 Å². The lowest BCUT2D eigenvalue weighted by Crippen LogP contribution is -2.55. The average molecular weight is 340 g/mol. The smallest absolute Gasteiger partial charge is 0.320 e. The zero-order valence-corrected chi connectivity index (χ0v) is 15.0. The van der Waals surface area contributed by atoms with E-state index in [1.165, 1.54) is 6.92 Å². The van der Waals surface area contributed by atoms with Crippen molar-refractivity contribution in [3.05, 3.63) is 12.2 Å². The molecule has 0 saturated carbocycles. The third-order valence-corrected chi connectivity index (χ3v) is 5.10. The number of unbranched alkanes of at least 4 members (excludes halogenated alkanes) is 2. The Morgan fingerprint density at radius 3 is 2.62 bits per heavy atom. The minimum Gasteiger partial charge on any atom is -0.480 e. The molecule has 0 radical (unpaired) electrons. The summed E-state index contributed by atoms with van der Waals surface area (Å²) < 4.78 is 0. The van der Waals surface area contributed by atoms with E-state index in [2.05, 4.69) is 23.6 Å². The molecule has 24 heavy (non-hydrogen) atoms. The molecule has 0 bridgehead atoms. The van der Waals surface area contributed by atoms with Gasteiger partial charge in [0.1, 0.15) is 6.04 Å². The maximum atomic E-state index is 11.5. The molecule has 4 N–H and O–H groups in total. The van der Waals surface area contributed by atoms with Gasteiger partial charge in [0.05, 0.1) is 0 Å². The summed E-state index contributed by atoms with van der Waals surface area (Å²) in [6, 6.07) is -0.566. The number of aliphatic hydroxyl groups is 1. The van der Waals surface area contributed by atoms with E-state index in [-0.39, 0.29) is 29.9 Å². The van der Waals surface area contributed by atoms with Crippen LogP contribution in [0.5, 0.6) is 0 Å². The molecule has 6 heteroatoms. The van der Waals surface area contributed by atoms with Crippen LogP contribution in [0, 0.1) is 11.8 Å². The lowest BCUT2D eigenvalue weighted by molar-refractivity contribution is -0.139. The van der Waals surface area contributed by atoms with Crippen molar-refractivity contribution in [1.29, 1.82) is 0 Å². The zero-order chi connectivity index (χ0) is 18.2. The zero-order valence-electron chi connectivity index (χ0n) is 15.0. The SMILES string of the molecule is C/C=C\[C@@H]1C[C@H](C(=O)O)N[C@@]1(CCCCCO)C(C)CNC(C)=O. The number of aliphatic hydroxyl groups excluding tert-OH is 1. The Labute approximate surface area is 144 Å². The molecule has 1 saturated heterocycles. The molecule has 1 heterocycles. The molecule has 0 aliphatic carbocycles. The molecule has 1 aliphatic heterocycles. The monoisotopic (exact) mass is 340 g/mol. The second-order valence-corrected chi connectivity index (χ2v) is 6.82. The highest BCUT2D eigenvalue weighted by molar-refractivity contribution is 5.74. The van der Waals surface area contributed by atoms with Crippen molar-refractivity contribution in [3.63, 3.8) is 0 Å². The molecule has 1 amide bonds. The summed E-state index contributed by atoms with van der Waals surface area (Å²) in [4.78, 5) is 22.8. The Balaban J connectivity index is 2.99. The summed E-state index contributed by atoms with van der Waals surface area (Å²) in [5.74, 6) is -0.691. The van der Waals surface area contributed by atoms with Gasteiger partial charge >= 0.3 is 5.97 Å². The summed E-state index contributed by atoms with van der Waals surface area (Å²) in [5, 5.41) is 24.7. The first-order valence-electron chi connectivity index (χ1n) is 8.86. The molecular formula is C18H32N2O4. The summed E-state index contributed by atoms with van der Waals surface area (Å²) in [5.41, 5.74) is -0.354. The van der Waals surface area contributed by atoms with Gasteiger partial charge in [0, 0.05) is 25.6 Å². The highest BCUT2D eigenvalue weighted by Crippen LogP contribution is 2.41. The van der Waals surface area contributed by atoms with Crippen molar-refractivity contribution in [3.8, 4) is 0 Å². The summed E-state index contributed by atoms with van der Waals surface area (Å²) >= 11 is 0. The number of nitrogens with one attached hydrogen (secondary N) is 2. The van der Waals surface area contributed by atoms with Crippen LogP contribution in [-0.4, -0.2) is 46.8 Å². The maximum absolute atomic E-state index is 11.5. The maximum Gasteiger partial charge on any atom is 0.320 e. The number of amides is 1. The van der Waals surface area contributed by atoms with Crippen LogP contribution < -0.4 is 10.6 Å². The molecule has 138 valence electrons. The summed E-state index contributed by atoms with van der Waals surface area (Å²) in [7, 11) is 0. The third kappa shape index (κ3) is 5.31.